The molecule has 0 aromatic heterocycles. The molecule has 1 rings (SSSR count). The molecule has 0 aromatic carbocycles. The van der Waals surface area contributed by atoms with Crippen LogP contribution in [0.2, 0.25) is 0 Å². The van der Waals surface area contributed by atoms with Gasteiger partial charge in [0.2, 0.25) is 0 Å². The summed E-state index contributed by atoms with van der Waals surface area (Å²) in [6, 6.07) is 0.303. The van der Waals surface area contributed by atoms with Crippen molar-refractivity contribution in [3.05, 3.63) is 0 Å². The minimum Gasteiger partial charge on any atom is -0.327 e. The molecule has 1 fully saturated rings. The van der Waals surface area contributed by atoms with E-state index in [1.165, 1.54) is 12.8 Å². The maximum Gasteiger partial charge on any atom is 0.155 e. The Morgan fingerprint density at radius 2 is 1.81 bits per heavy atom. The van der Waals surface area contributed by atoms with Crippen molar-refractivity contribution in [1.82, 2.24) is 0 Å². The van der Waals surface area contributed by atoms with Gasteiger partial charge in [-0.25, -0.2) is 8.42 Å². The predicted octanol–water partition coefficient (Wildman–Crippen LogP) is 2.11. The Morgan fingerprint density at radius 1 is 1.25 bits per heavy atom. The minimum absolute atomic E-state index is 0.299. The van der Waals surface area contributed by atoms with Crippen LogP contribution in [0, 0.1) is 5.92 Å². The van der Waals surface area contributed by atoms with E-state index in [1.54, 1.807) is 20.8 Å². The summed E-state index contributed by atoms with van der Waals surface area (Å²) < 4.78 is 23.0. The minimum atomic E-state index is -2.94. The van der Waals surface area contributed by atoms with E-state index in [4.69, 9.17) is 5.73 Å². The van der Waals surface area contributed by atoms with Gasteiger partial charge < -0.3 is 5.73 Å². The summed E-state index contributed by atoms with van der Waals surface area (Å²) in [7, 11) is -2.94. The molecule has 4 heteroatoms. The van der Waals surface area contributed by atoms with E-state index in [9.17, 15) is 8.42 Å². The van der Waals surface area contributed by atoms with E-state index >= 15 is 0 Å². The van der Waals surface area contributed by atoms with E-state index < -0.39 is 14.6 Å². The number of hydrogen-bond acceptors (Lipinski definition) is 3. The molecule has 1 atom stereocenters. The highest BCUT2D eigenvalue weighted by Crippen LogP contribution is 2.33. The van der Waals surface area contributed by atoms with Gasteiger partial charge in [0.1, 0.15) is 0 Å². The van der Waals surface area contributed by atoms with Gasteiger partial charge in [0.25, 0.3) is 0 Å². The smallest absolute Gasteiger partial charge is 0.155 e. The highest BCUT2D eigenvalue weighted by atomic mass is 32.2. The van der Waals surface area contributed by atoms with Crippen LogP contribution in [0.3, 0.4) is 0 Å². The van der Waals surface area contributed by atoms with Crippen LogP contribution >= 0.6 is 0 Å². The van der Waals surface area contributed by atoms with E-state index in [1.807, 2.05) is 0 Å². The lowest BCUT2D eigenvalue weighted by molar-refractivity contribution is 0.517. The standard InChI is InChI=1S/C12H25NO2S/c1-12(2,3)16(14,15)9-5-4-6-11(13)10-7-8-10/h10-11H,4-9,13H2,1-3H3. The first kappa shape index (κ1) is 14.0. The lowest BCUT2D eigenvalue weighted by atomic mass is 10.1. The Kier molecular flexibility index (Phi) is 4.41. The molecule has 1 aliphatic rings. The van der Waals surface area contributed by atoms with Crippen molar-refractivity contribution in [3.63, 3.8) is 0 Å². The second-order valence-corrected chi connectivity index (χ2v) is 8.79. The zero-order valence-corrected chi connectivity index (χ0v) is 11.5. The molecule has 2 N–H and O–H groups in total. The first-order chi connectivity index (χ1) is 7.24. The second kappa shape index (κ2) is 5.05. The van der Waals surface area contributed by atoms with Crippen molar-refractivity contribution >= 4 is 9.84 Å². The first-order valence-electron chi connectivity index (χ1n) is 6.22. The molecule has 0 radical (unpaired) electrons. The second-order valence-electron chi connectivity index (χ2n) is 5.93. The zero-order chi connectivity index (χ0) is 12.4. The third kappa shape index (κ3) is 4.06. The molecule has 0 amide bonds. The van der Waals surface area contributed by atoms with Crippen molar-refractivity contribution in [2.45, 2.75) is 63.7 Å². The van der Waals surface area contributed by atoms with Crippen LogP contribution in [0.5, 0.6) is 0 Å². The van der Waals surface area contributed by atoms with Gasteiger partial charge in [-0.2, -0.15) is 0 Å². The van der Waals surface area contributed by atoms with Gasteiger partial charge in [0, 0.05) is 6.04 Å². The van der Waals surface area contributed by atoms with Crippen molar-refractivity contribution in [2.75, 3.05) is 5.75 Å². The molecule has 1 saturated carbocycles. The molecule has 0 aromatic rings. The fourth-order valence-corrected chi connectivity index (χ4v) is 2.93. The lowest BCUT2D eigenvalue weighted by Gasteiger charge is -2.19. The quantitative estimate of drug-likeness (QED) is 0.731. The van der Waals surface area contributed by atoms with Gasteiger partial charge in [0.15, 0.2) is 9.84 Å². The predicted molar refractivity (Wildman–Crippen MR) is 68.1 cm³/mol. The van der Waals surface area contributed by atoms with Gasteiger partial charge in [-0.1, -0.05) is 6.42 Å². The van der Waals surface area contributed by atoms with E-state index in [-0.39, 0.29) is 0 Å². The Balaban J connectivity index is 2.20. The van der Waals surface area contributed by atoms with Gasteiger partial charge in [0.05, 0.1) is 10.5 Å². The summed E-state index contributed by atoms with van der Waals surface area (Å²) in [6.45, 7) is 5.29. The summed E-state index contributed by atoms with van der Waals surface area (Å²) >= 11 is 0. The van der Waals surface area contributed by atoms with Crippen molar-refractivity contribution < 1.29 is 8.42 Å². The molecule has 0 heterocycles. The molecule has 0 bridgehead atoms. The summed E-state index contributed by atoms with van der Waals surface area (Å²) in [6.07, 6.45) is 5.19. The topological polar surface area (TPSA) is 60.2 Å². The average molecular weight is 247 g/mol. The highest BCUT2D eigenvalue weighted by Gasteiger charge is 2.29. The van der Waals surface area contributed by atoms with E-state index in [0.29, 0.717) is 11.8 Å². The number of hydrogen-bond donors (Lipinski definition) is 1. The summed E-state index contributed by atoms with van der Waals surface area (Å²) in [5, 5.41) is 0. The molecule has 96 valence electrons. The largest absolute Gasteiger partial charge is 0.327 e. The number of rotatable bonds is 6. The van der Waals surface area contributed by atoms with Gasteiger partial charge in [-0.3, -0.25) is 0 Å². The van der Waals surface area contributed by atoms with Crippen LogP contribution in [0.25, 0.3) is 0 Å². The third-order valence-electron chi connectivity index (χ3n) is 3.36. The first-order valence-corrected chi connectivity index (χ1v) is 7.87. The number of sulfone groups is 1. The van der Waals surface area contributed by atoms with Crippen LogP contribution in [0.15, 0.2) is 0 Å². The molecule has 3 nitrogen and oxygen atoms in total. The Hall–Kier alpha value is -0.0900. The average Bonchev–Trinajstić information content (AvgIpc) is 2.93. The lowest BCUT2D eigenvalue weighted by Crippen LogP contribution is -2.30. The monoisotopic (exact) mass is 247 g/mol. The van der Waals surface area contributed by atoms with E-state index in [0.717, 1.165) is 25.2 Å². The summed E-state index contributed by atoms with van der Waals surface area (Å²) in [5.41, 5.74) is 5.97. The molecular formula is C12H25NO2S. The SMILES string of the molecule is CC(C)(C)S(=O)(=O)CCCCC(N)C1CC1. The molecular weight excluding hydrogens is 222 g/mol. The molecule has 0 aliphatic heterocycles. The number of nitrogens with two attached hydrogens (primary N) is 1. The summed E-state index contributed by atoms with van der Waals surface area (Å²) in [5.74, 6) is 1.02. The molecule has 1 aliphatic carbocycles. The number of unbranched alkanes of at least 4 members (excludes halogenated alkanes) is 1. The van der Waals surface area contributed by atoms with E-state index in [2.05, 4.69) is 0 Å². The Morgan fingerprint density at radius 3 is 2.25 bits per heavy atom. The van der Waals surface area contributed by atoms with Gasteiger partial charge in [-0.15, -0.1) is 0 Å². The fraction of sp³-hybridized carbons (Fsp3) is 1.00. The molecule has 0 spiro atoms. The normalized spacial score (nSPS) is 19.8. The van der Waals surface area contributed by atoms with Gasteiger partial charge in [-0.05, 0) is 52.4 Å². The van der Waals surface area contributed by atoms with Crippen LogP contribution in [0.4, 0.5) is 0 Å². The molecule has 0 saturated heterocycles. The van der Waals surface area contributed by atoms with Crippen LogP contribution < -0.4 is 5.73 Å². The van der Waals surface area contributed by atoms with Crippen LogP contribution in [-0.4, -0.2) is 25.0 Å². The van der Waals surface area contributed by atoms with Crippen LogP contribution in [-0.2, 0) is 9.84 Å². The maximum atomic E-state index is 11.8. The van der Waals surface area contributed by atoms with Gasteiger partial charge >= 0.3 is 0 Å². The summed E-state index contributed by atoms with van der Waals surface area (Å²) in [4.78, 5) is 0. The fourth-order valence-electron chi connectivity index (χ4n) is 1.74. The Bertz CT molecular complexity index is 312. The molecule has 16 heavy (non-hydrogen) atoms. The van der Waals surface area contributed by atoms with Crippen molar-refractivity contribution in [1.29, 1.82) is 0 Å². The third-order valence-corrected chi connectivity index (χ3v) is 6.05. The van der Waals surface area contributed by atoms with Crippen LogP contribution in [0.1, 0.15) is 52.9 Å². The molecule has 1 unspecified atom stereocenters. The maximum absolute atomic E-state index is 11.8. The van der Waals surface area contributed by atoms with Crippen molar-refractivity contribution in [2.24, 2.45) is 11.7 Å². The zero-order valence-electron chi connectivity index (χ0n) is 10.7. The Labute approximate surface area is 99.7 Å². The highest BCUT2D eigenvalue weighted by molar-refractivity contribution is 7.92. The van der Waals surface area contributed by atoms with Crippen molar-refractivity contribution in [3.8, 4) is 0 Å².